The monoisotopic (exact) mass is 199 g/mol. The minimum atomic E-state index is 0.251. The van der Waals surface area contributed by atoms with Crippen LogP contribution in [0.1, 0.15) is 33.1 Å². The standard InChI is InChI=1S/C11H21NO2/c1-3-7-14-11-5-4-6-12(9-11)8-10(2)13/h11H,3-9H2,1-2H3. The highest BCUT2D eigenvalue weighted by molar-refractivity contribution is 5.77. The van der Waals surface area contributed by atoms with Gasteiger partial charge in [-0.2, -0.15) is 0 Å². The lowest BCUT2D eigenvalue weighted by Crippen LogP contribution is -2.41. The Morgan fingerprint density at radius 3 is 3.00 bits per heavy atom. The smallest absolute Gasteiger partial charge is 0.143 e. The molecule has 0 bridgehead atoms. The number of hydrogen-bond acceptors (Lipinski definition) is 3. The fraction of sp³-hybridized carbons (Fsp3) is 0.909. The van der Waals surface area contributed by atoms with Crippen molar-refractivity contribution in [3.63, 3.8) is 0 Å². The van der Waals surface area contributed by atoms with Crippen LogP contribution in [0.2, 0.25) is 0 Å². The van der Waals surface area contributed by atoms with Crippen LogP contribution in [0.15, 0.2) is 0 Å². The maximum atomic E-state index is 11.0. The molecule has 1 fully saturated rings. The normalized spacial score (nSPS) is 23.7. The molecule has 1 rings (SSSR count). The van der Waals surface area contributed by atoms with Crippen molar-refractivity contribution in [1.29, 1.82) is 0 Å². The van der Waals surface area contributed by atoms with Crippen molar-refractivity contribution in [2.45, 2.75) is 39.2 Å². The molecule has 1 aliphatic heterocycles. The van der Waals surface area contributed by atoms with Gasteiger partial charge in [-0.1, -0.05) is 6.92 Å². The summed E-state index contributed by atoms with van der Waals surface area (Å²) in [7, 11) is 0. The Morgan fingerprint density at radius 1 is 1.57 bits per heavy atom. The van der Waals surface area contributed by atoms with Gasteiger partial charge in [0.05, 0.1) is 12.6 Å². The summed E-state index contributed by atoms with van der Waals surface area (Å²) < 4.78 is 5.69. The maximum Gasteiger partial charge on any atom is 0.143 e. The van der Waals surface area contributed by atoms with Crippen LogP contribution < -0.4 is 0 Å². The second-order valence-corrected chi connectivity index (χ2v) is 4.07. The number of rotatable bonds is 5. The summed E-state index contributed by atoms with van der Waals surface area (Å²) >= 11 is 0. The fourth-order valence-corrected chi connectivity index (χ4v) is 1.89. The molecule has 1 heterocycles. The largest absolute Gasteiger partial charge is 0.377 e. The van der Waals surface area contributed by atoms with Gasteiger partial charge >= 0.3 is 0 Å². The van der Waals surface area contributed by atoms with Gasteiger partial charge in [0.25, 0.3) is 0 Å². The van der Waals surface area contributed by atoms with Crippen molar-refractivity contribution in [1.82, 2.24) is 4.90 Å². The van der Waals surface area contributed by atoms with E-state index in [1.807, 2.05) is 0 Å². The number of hydrogen-bond donors (Lipinski definition) is 0. The molecule has 1 aliphatic rings. The second-order valence-electron chi connectivity index (χ2n) is 4.07. The summed E-state index contributed by atoms with van der Waals surface area (Å²) in [6.07, 6.45) is 3.72. The van der Waals surface area contributed by atoms with Crippen molar-refractivity contribution in [3.05, 3.63) is 0 Å². The van der Waals surface area contributed by atoms with Gasteiger partial charge in [0.2, 0.25) is 0 Å². The number of Topliss-reactive ketones (excluding diaryl/α,β-unsaturated/α-hetero) is 1. The summed E-state index contributed by atoms with van der Waals surface area (Å²) in [5.41, 5.74) is 0. The van der Waals surface area contributed by atoms with Crippen LogP contribution in [-0.4, -0.2) is 43.0 Å². The molecule has 0 amide bonds. The summed E-state index contributed by atoms with van der Waals surface area (Å²) in [6, 6.07) is 0. The molecule has 0 radical (unpaired) electrons. The zero-order chi connectivity index (χ0) is 10.4. The molecule has 0 aromatic carbocycles. The molecule has 3 heteroatoms. The third-order valence-electron chi connectivity index (χ3n) is 2.47. The zero-order valence-electron chi connectivity index (χ0n) is 9.29. The first-order valence-corrected chi connectivity index (χ1v) is 5.55. The van der Waals surface area contributed by atoms with E-state index < -0.39 is 0 Å². The molecule has 1 unspecified atom stereocenters. The third-order valence-corrected chi connectivity index (χ3v) is 2.47. The Hall–Kier alpha value is -0.410. The van der Waals surface area contributed by atoms with Gasteiger partial charge in [-0.05, 0) is 32.7 Å². The van der Waals surface area contributed by atoms with E-state index in [4.69, 9.17) is 4.74 Å². The first-order valence-electron chi connectivity index (χ1n) is 5.55. The highest BCUT2D eigenvalue weighted by atomic mass is 16.5. The lowest BCUT2D eigenvalue weighted by atomic mass is 10.1. The third kappa shape index (κ3) is 4.20. The summed E-state index contributed by atoms with van der Waals surface area (Å²) in [5.74, 6) is 0.251. The summed E-state index contributed by atoms with van der Waals surface area (Å²) in [6.45, 7) is 7.18. The lowest BCUT2D eigenvalue weighted by Gasteiger charge is -2.31. The van der Waals surface area contributed by atoms with Crippen molar-refractivity contribution < 1.29 is 9.53 Å². The van der Waals surface area contributed by atoms with Crippen LogP contribution in [-0.2, 0) is 9.53 Å². The molecular formula is C11H21NO2. The van der Waals surface area contributed by atoms with Crippen LogP contribution in [0.25, 0.3) is 0 Å². The van der Waals surface area contributed by atoms with E-state index in [1.165, 1.54) is 0 Å². The Kier molecular flexibility index (Phi) is 5.12. The van der Waals surface area contributed by atoms with Crippen molar-refractivity contribution >= 4 is 5.78 Å². The average Bonchev–Trinajstić information content (AvgIpc) is 2.14. The van der Waals surface area contributed by atoms with Gasteiger partial charge in [0.1, 0.15) is 5.78 Å². The quantitative estimate of drug-likeness (QED) is 0.671. The van der Waals surface area contributed by atoms with E-state index in [1.54, 1.807) is 6.92 Å². The van der Waals surface area contributed by atoms with Crippen LogP contribution in [0.5, 0.6) is 0 Å². The predicted octanol–water partition coefficient (Wildman–Crippen LogP) is 1.47. The van der Waals surface area contributed by atoms with Gasteiger partial charge in [0, 0.05) is 13.2 Å². The van der Waals surface area contributed by atoms with Gasteiger partial charge in [-0.25, -0.2) is 0 Å². The van der Waals surface area contributed by atoms with Crippen molar-refractivity contribution in [2.75, 3.05) is 26.2 Å². The molecule has 0 saturated carbocycles. The average molecular weight is 199 g/mol. The van der Waals surface area contributed by atoms with Gasteiger partial charge in [0.15, 0.2) is 0 Å². The minimum Gasteiger partial charge on any atom is -0.377 e. The number of carbonyl (C=O) groups excluding carboxylic acids is 1. The number of nitrogens with zero attached hydrogens (tertiary/aromatic N) is 1. The van der Waals surface area contributed by atoms with Crippen LogP contribution in [0.4, 0.5) is 0 Å². The van der Waals surface area contributed by atoms with Crippen LogP contribution in [0.3, 0.4) is 0 Å². The molecule has 3 nitrogen and oxygen atoms in total. The Labute approximate surface area is 86.4 Å². The zero-order valence-corrected chi connectivity index (χ0v) is 9.29. The molecule has 0 aliphatic carbocycles. The first-order chi connectivity index (χ1) is 6.72. The number of ether oxygens (including phenoxy) is 1. The highest BCUT2D eigenvalue weighted by Crippen LogP contribution is 2.13. The van der Waals surface area contributed by atoms with Crippen molar-refractivity contribution in [3.8, 4) is 0 Å². The van der Waals surface area contributed by atoms with Crippen LogP contribution >= 0.6 is 0 Å². The SMILES string of the molecule is CCCOC1CCCN(CC(C)=O)C1. The number of ketones is 1. The molecular weight excluding hydrogens is 178 g/mol. The van der Waals surface area contributed by atoms with E-state index in [0.29, 0.717) is 12.6 Å². The molecule has 1 saturated heterocycles. The van der Waals surface area contributed by atoms with E-state index in [9.17, 15) is 4.79 Å². The maximum absolute atomic E-state index is 11.0. The van der Waals surface area contributed by atoms with Gasteiger partial charge < -0.3 is 4.74 Å². The molecule has 0 aromatic heterocycles. The Morgan fingerprint density at radius 2 is 2.36 bits per heavy atom. The predicted molar refractivity (Wildman–Crippen MR) is 56.4 cm³/mol. The minimum absolute atomic E-state index is 0.251. The molecule has 1 atom stereocenters. The summed E-state index contributed by atoms with van der Waals surface area (Å²) in [5, 5.41) is 0. The summed E-state index contributed by atoms with van der Waals surface area (Å²) in [4.78, 5) is 13.2. The highest BCUT2D eigenvalue weighted by Gasteiger charge is 2.20. The van der Waals surface area contributed by atoms with Gasteiger partial charge in [-0.15, -0.1) is 0 Å². The number of carbonyl (C=O) groups is 1. The van der Waals surface area contributed by atoms with E-state index in [0.717, 1.165) is 39.0 Å². The molecule has 0 N–H and O–H groups in total. The molecule has 14 heavy (non-hydrogen) atoms. The second kappa shape index (κ2) is 6.14. The molecule has 0 aromatic rings. The number of piperidine rings is 1. The van der Waals surface area contributed by atoms with Crippen LogP contribution in [0, 0.1) is 0 Å². The van der Waals surface area contributed by atoms with E-state index in [-0.39, 0.29) is 5.78 Å². The lowest BCUT2D eigenvalue weighted by molar-refractivity contribution is -0.119. The molecule has 0 spiro atoms. The van der Waals surface area contributed by atoms with E-state index >= 15 is 0 Å². The first kappa shape index (κ1) is 11.7. The Balaban J connectivity index is 2.24. The van der Waals surface area contributed by atoms with Gasteiger partial charge in [-0.3, -0.25) is 9.69 Å². The molecule has 82 valence electrons. The Bertz CT molecular complexity index is 182. The topological polar surface area (TPSA) is 29.5 Å². The number of likely N-dealkylation sites (tertiary alicyclic amines) is 1. The van der Waals surface area contributed by atoms with Crippen molar-refractivity contribution in [2.24, 2.45) is 0 Å². The fourth-order valence-electron chi connectivity index (χ4n) is 1.89. The van der Waals surface area contributed by atoms with E-state index in [2.05, 4.69) is 11.8 Å².